The third-order valence-corrected chi connectivity index (χ3v) is 3.46. The largest absolute Gasteiger partial charge is 0.300 e. The van der Waals surface area contributed by atoms with E-state index < -0.39 is 0 Å². The zero-order valence-electron chi connectivity index (χ0n) is 8.29. The molecule has 0 aromatic rings. The molecule has 0 radical (unpaired) electrons. The maximum Gasteiger partial charge on any atom is 0.0224 e. The van der Waals surface area contributed by atoms with Gasteiger partial charge in [-0.2, -0.15) is 0 Å². The lowest BCUT2D eigenvalue weighted by molar-refractivity contribution is 0.0889. The summed E-state index contributed by atoms with van der Waals surface area (Å²) in [7, 11) is 2.30. The maximum absolute atomic E-state index is 2.64. The second kappa shape index (κ2) is 3.35. The number of likely N-dealkylation sites (tertiary alicyclic amines) is 1. The predicted octanol–water partition coefficient (Wildman–Crippen LogP) is 1.17. The lowest BCUT2D eigenvalue weighted by Crippen LogP contribution is -2.51. The number of hydrogen-bond donors (Lipinski definition) is 0. The molecule has 12 heavy (non-hydrogen) atoms. The van der Waals surface area contributed by atoms with Crippen LogP contribution in [0, 0.1) is 0 Å². The molecule has 0 spiro atoms. The highest BCUT2D eigenvalue weighted by molar-refractivity contribution is 4.93. The van der Waals surface area contributed by atoms with Gasteiger partial charge in [0.25, 0.3) is 0 Å². The molecule has 2 heterocycles. The van der Waals surface area contributed by atoms with Gasteiger partial charge < -0.3 is 4.90 Å². The molecule has 70 valence electrons. The number of likely N-dealkylation sites (N-methyl/N-ethyl adjacent to an activating group) is 1. The van der Waals surface area contributed by atoms with Gasteiger partial charge in [0.2, 0.25) is 0 Å². The van der Waals surface area contributed by atoms with Gasteiger partial charge >= 0.3 is 0 Å². The van der Waals surface area contributed by atoms with Crippen molar-refractivity contribution in [3.05, 3.63) is 0 Å². The minimum atomic E-state index is 0.871. The van der Waals surface area contributed by atoms with Gasteiger partial charge in [-0.25, -0.2) is 0 Å². The Hall–Kier alpha value is -0.0800. The van der Waals surface area contributed by atoms with E-state index in [0.717, 1.165) is 12.1 Å². The van der Waals surface area contributed by atoms with Crippen molar-refractivity contribution in [3.63, 3.8) is 0 Å². The van der Waals surface area contributed by atoms with E-state index in [-0.39, 0.29) is 0 Å². The average molecular weight is 168 g/mol. The van der Waals surface area contributed by atoms with Gasteiger partial charge in [0, 0.05) is 25.2 Å². The predicted molar refractivity (Wildman–Crippen MR) is 51.3 cm³/mol. The van der Waals surface area contributed by atoms with Crippen LogP contribution in [0.5, 0.6) is 0 Å². The van der Waals surface area contributed by atoms with Gasteiger partial charge in [-0.3, -0.25) is 4.90 Å². The summed E-state index contributed by atoms with van der Waals surface area (Å²) in [6.45, 7) is 6.22. The molecule has 2 aliphatic heterocycles. The molecule has 0 aromatic heterocycles. The first kappa shape index (κ1) is 8.52. The summed E-state index contributed by atoms with van der Waals surface area (Å²) in [6, 6.07) is 1.74. The normalized spacial score (nSPS) is 37.5. The van der Waals surface area contributed by atoms with Crippen molar-refractivity contribution in [1.29, 1.82) is 0 Å². The first-order chi connectivity index (χ1) is 5.81. The quantitative estimate of drug-likeness (QED) is 0.611. The molecule has 2 nitrogen and oxygen atoms in total. The molecule has 0 aliphatic carbocycles. The summed E-state index contributed by atoms with van der Waals surface area (Å²) in [5.74, 6) is 0. The number of hydrogen-bond acceptors (Lipinski definition) is 2. The lowest BCUT2D eigenvalue weighted by atomic mass is 10.2. The Morgan fingerprint density at radius 1 is 1.17 bits per heavy atom. The van der Waals surface area contributed by atoms with Crippen LogP contribution in [0.4, 0.5) is 0 Å². The smallest absolute Gasteiger partial charge is 0.0224 e. The van der Waals surface area contributed by atoms with Gasteiger partial charge in [0.15, 0.2) is 0 Å². The zero-order chi connectivity index (χ0) is 8.55. The van der Waals surface area contributed by atoms with Crippen LogP contribution in [0.1, 0.15) is 26.2 Å². The van der Waals surface area contributed by atoms with Crippen molar-refractivity contribution >= 4 is 0 Å². The van der Waals surface area contributed by atoms with E-state index in [1.807, 2.05) is 0 Å². The second-order valence-electron chi connectivity index (χ2n) is 4.31. The molecule has 2 rings (SSSR count). The van der Waals surface area contributed by atoms with Crippen LogP contribution in [-0.2, 0) is 0 Å². The Labute approximate surface area is 75.5 Å². The fraction of sp³-hybridized carbons (Fsp3) is 1.00. The SMILES string of the molecule is CCCN1CC2CCC(C1)N2C. The molecule has 0 N–H and O–H groups in total. The van der Waals surface area contributed by atoms with E-state index in [0.29, 0.717) is 0 Å². The topological polar surface area (TPSA) is 6.48 Å². The van der Waals surface area contributed by atoms with Gasteiger partial charge in [-0.1, -0.05) is 6.92 Å². The molecule has 2 aliphatic rings. The van der Waals surface area contributed by atoms with Crippen molar-refractivity contribution in [3.8, 4) is 0 Å². The van der Waals surface area contributed by atoms with Gasteiger partial charge in [-0.05, 0) is 32.9 Å². The Kier molecular flexibility index (Phi) is 2.37. The standard InChI is InChI=1S/C10H20N2/c1-3-6-12-7-9-4-5-10(8-12)11(9)2/h9-10H,3-8H2,1-2H3. The van der Waals surface area contributed by atoms with Crippen LogP contribution in [0.15, 0.2) is 0 Å². The highest BCUT2D eigenvalue weighted by Crippen LogP contribution is 2.27. The summed E-state index contributed by atoms with van der Waals surface area (Å²) in [5, 5.41) is 0. The molecule has 0 amide bonds. The average Bonchev–Trinajstić information content (AvgIpc) is 2.33. The minimum absolute atomic E-state index is 0.871. The van der Waals surface area contributed by atoms with Crippen LogP contribution >= 0.6 is 0 Å². The Bertz CT molecular complexity index is 144. The van der Waals surface area contributed by atoms with Gasteiger partial charge in [0.1, 0.15) is 0 Å². The first-order valence-corrected chi connectivity index (χ1v) is 5.25. The van der Waals surface area contributed by atoms with E-state index in [4.69, 9.17) is 0 Å². The fourth-order valence-electron chi connectivity index (χ4n) is 2.70. The Balaban J connectivity index is 1.93. The van der Waals surface area contributed by atoms with Crippen molar-refractivity contribution in [2.45, 2.75) is 38.3 Å². The second-order valence-corrected chi connectivity index (χ2v) is 4.31. The molecule has 0 aromatic carbocycles. The molecule has 0 saturated carbocycles. The van der Waals surface area contributed by atoms with Crippen molar-refractivity contribution < 1.29 is 0 Å². The molecular weight excluding hydrogens is 148 g/mol. The third kappa shape index (κ3) is 1.38. The fourth-order valence-corrected chi connectivity index (χ4v) is 2.70. The summed E-state index contributed by atoms with van der Waals surface area (Å²) < 4.78 is 0. The van der Waals surface area contributed by atoms with E-state index in [1.54, 1.807) is 0 Å². The monoisotopic (exact) mass is 168 g/mol. The lowest BCUT2D eigenvalue weighted by Gasteiger charge is -2.38. The summed E-state index contributed by atoms with van der Waals surface area (Å²) in [5.41, 5.74) is 0. The van der Waals surface area contributed by atoms with Crippen LogP contribution < -0.4 is 0 Å². The highest BCUT2D eigenvalue weighted by Gasteiger charge is 2.36. The Morgan fingerprint density at radius 2 is 1.75 bits per heavy atom. The van der Waals surface area contributed by atoms with Crippen LogP contribution in [0.25, 0.3) is 0 Å². The molecule has 2 fully saturated rings. The molecule has 2 bridgehead atoms. The molecule has 2 atom stereocenters. The highest BCUT2D eigenvalue weighted by atomic mass is 15.3. The number of nitrogens with zero attached hydrogens (tertiary/aromatic N) is 2. The van der Waals surface area contributed by atoms with Crippen LogP contribution in [0.3, 0.4) is 0 Å². The van der Waals surface area contributed by atoms with E-state index in [1.165, 1.54) is 38.9 Å². The van der Waals surface area contributed by atoms with Crippen LogP contribution in [0.2, 0.25) is 0 Å². The number of rotatable bonds is 2. The minimum Gasteiger partial charge on any atom is -0.300 e. The Morgan fingerprint density at radius 3 is 2.25 bits per heavy atom. The maximum atomic E-state index is 2.64. The van der Waals surface area contributed by atoms with Gasteiger partial charge in [-0.15, -0.1) is 0 Å². The number of piperazine rings is 1. The van der Waals surface area contributed by atoms with Crippen molar-refractivity contribution in [2.75, 3.05) is 26.7 Å². The molecule has 2 saturated heterocycles. The van der Waals surface area contributed by atoms with E-state index in [2.05, 4.69) is 23.8 Å². The van der Waals surface area contributed by atoms with Gasteiger partial charge in [0.05, 0.1) is 0 Å². The first-order valence-electron chi connectivity index (χ1n) is 5.25. The van der Waals surface area contributed by atoms with E-state index >= 15 is 0 Å². The van der Waals surface area contributed by atoms with Crippen molar-refractivity contribution in [2.24, 2.45) is 0 Å². The van der Waals surface area contributed by atoms with Crippen LogP contribution in [-0.4, -0.2) is 48.6 Å². The molecular formula is C10H20N2. The summed E-state index contributed by atoms with van der Waals surface area (Å²) in [6.07, 6.45) is 4.17. The molecule has 2 heteroatoms. The third-order valence-electron chi connectivity index (χ3n) is 3.46. The van der Waals surface area contributed by atoms with Crippen molar-refractivity contribution in [1.82, 2.24) is 9.80 Å². The summed E-state index contributed by atoms with van der Waals surface area (Å²) >= 11 is 0. The van der Waals surface area contributed by atoms with E-state index in [9.17, 15) is 0 Å². The zero-order valence-corrected chi connectivity index (χ0v) is 8.29. The molecule has 2 unspecified atom stereocenters. The number of fused-ring (bicyclic) bond motifs is 2. The summed E-state index contributed by atoms with van der Waals surface area (Å²) in [4.78, 5) is 5.23.